The largest absolute Gasteiger partial charge is 0.394 e. The van der Waals surface area contributed by atoms with Gasteiger partial charge in [-0.2, -0.15) is 0 Å². The smallest absolute Gasteiger partial charge is 0.220 e. The molecule has 17 atom stereocenters. The van der Waals surface area contributed by atoms with Gasteiger partial charge in [-0.25, -0.2) is 0 Å². The fourth-order valence-corrected chi connectivity index (χ4v) is 11.5. The van der Waals surface area contributed by atoms with Crippen LogP contribution in [0.2, 0.25) is 0 Å². The van der Waals surface area contributed by atoms with Gasteiger partial charge in [0.15, 0.2) is 18.9 Å². The van der Waals surface area contributed by atoms with E-state index in [0.29, 0.717) is 12.8 Å². The third-order valence-corrected chi connectivity index (χ3v) is 17.0. The van der Waals surface area contributed by atoms with E-state index in [9.17, 15) is 61.0 Å². The predicted molar refractivity (Wildman–Crippen MR) is 323 cm³/mol. The van der Waals surface area contributed by atoms with Crippen molar-refractivity contribution in [2.75, 3.05) is 26.4 Å². The Balaban J connectivity index is 1.46. The summed E-state index contributed by atoms with van der Waals surface area (Å²) in [5.74, 6) is -0.281. The lowest BCUT2D eigenvalue weighted by atomic mass is 9.96. The van der Waals surface area contributed by atoms with Crippen LogP contribution in [0.5, 0.6) is 0 Å². The maximum Gasteiger partial charge on any atom is 0.220 e. The number of nitrogens with one attached hydrogen (secondary N) is 1. The highest BCUT2D eigenvalue weighted by Crippen LogP contribution is 2.33. The van der Waals surface area contributed by atoms with Gasteiger partial charge in [0.05, 0.1) is 38.6 Å². The summed E-state index contributed by atoms with van der Waals surface area (Å²) in [7, 11) is 0. The molecule has 0 saturated carbocycles. The van der Waals surface area contributed by atoms with Gasteiger partial charge in [0.25, 0.3) is 0 Å². The van der Waals surface area contributed by atoms with Gasteiger partial charge < -0.3 is 89.9 Å². The van der Waals surface area contributed by atoms with E-state index < -0.39 is 124 Å². The van der Waals surface area contributed by atoms with E-state index in [1.54, 1.807) is 6.08 Å². The van der Waals surface area contributed by atoms with Gasteiger partial charge in [-0.3, -0.25) is 4.79 Å². The molecule has 0 aromatic carbocycles. The fraction of sp³-hybridized carbons (Fsp3) is 0.923. The van der Waals surface area contributed by atoms with E-state index >= 15 is 0 Å². The second-order valence-corrected chi connectivity index (χ2v) is 24.3. The monoisotopic (exact) mass is 1200 g/mol. The van der Waals surface area contributed by atoms with Crippen LogP contribution in [0.4, 0.5) is 0 Å². The zero-order valence-corrected chi connectivity index (χ0v) is 51.9. The number of aliphatic hydroxyl groups is 11. The van der Waals surface area contributed by atoms with E-state index in [4.69, 9.17) is 28.4 Å². The Labute approximate surface area is 505 Å². The maximum absolute atomic E-state index is 13.4. The maximum atomic E-state index is 13.4. The first-order chi connectivity index (χ1) is 40.8. The van der Waals surface area contributed by atoms with Crippen molar-refractivity contribution in [2.24, 2.45) is 0 Å². The number of carbonyl (C=O) groups is 1. The molecule has 17 unspecified atom stereocenters. The van der Waals surface area contributed by atoms with Crippen LogP contribution in [0.25, 0.3) is 0 Å². The quantitative estimate of drug-likeness (QED) is 0.0204. The van der Waals surface area contributed by atoms with Crippen LogP contribution in [0, 0.1) is 0 Å². The summed E-state index contributed by atoms with van der Waals surface area (Å²) in [5.41, 5.74) is 0. The molecule has 1 amide bonds. The van der Waals surface area contributed by atoms with Gasteiger partial charge in [-0.1, -0.05) is 237 Å². The highest BCUT2D eigenvalue weighted by atomic mass is 16.8. The molecule has 3 heterocycles. The SMILES string of the molecule is CCCCCCCCCCCCC/C=C/CC/C=C/C(O)C(COC1OC(CO)C(OC2OC(CO)C(OC3OC(CO)C(O)C(O)C3O)C(O)C2O)C(O)C1O)NC(=O)CCCCCCCCCCCCCCCCCCCCCCCC. The Kier molecular flexibility index (Phi) is 43.9. The summed E-state index contributed by atoms with van der Waals surface area (Å²) >= 11 is 0. The highest BCUT2D eigenvalue weighted by Gasteiger charge is 2.53. The van der Waals surface area contributed by atoms with Gasteiger partial charge in [-0.05, 0) is 32.1 Å². The molecule has 0 aromatic heterocycles. The van der Waals surface area contributed by atoms with Crippen molar-refractivity contribution < 1.29 is 89.4 Å². The summed E-state index contributed by atoms with van der Waals surface area (Å²) < 4.78 is 34.3. The lowest BCUT2D eigenvalue weighted by molar-refractivity contribution is -0.379. The number of hydrogen-bond acceptors (Lipinski definition) is 18. The van der Waals surface area contributed by atoms with Gasteiger partial charge in [-0.15, -0.1) is 0 Å². The lowest BCUT2D eigenvalue weighted by Crippen LogP contribution is -2.66. The second kappa shape index (κ2) is 48.2. The zero-order chi connectivity index (χ0) is 61.2. The van der Waals surface area contributed by atoms with Gasteiger partial charge >= 0.3 is 0 Å². The first-order valence-electron chi connectivity index (χ1n) is 33.6. The van der Waals surface area contributed by atoms with Crippen molar-refractivity contribution in [1.82, 2.24) is 5.32 Å². The molecule has 19 heteroatoms. The molecule has 0 bridgehead atoms. The number of unbranched alkanes of at least 4 members (excludes halogenated alkanes) is 33. The van der Waals surface area contributed by atoms with Gasteiger partial charge in [0.2, 0.25) is 5.91 Å². The van der Waals surface area contributed by atoms with E-state index in [1.807, 2.05) is 6.08 Å². The van der Waals surface area contributed by atoms with E-state index in [0.717, 1.165) is 38.5 Å². The van der Waals surface area contributed by atoms with E-state index in [-0.39, 0.29) is 18.9 Å². The first kappa shape index (κ1) is 76.5. The minimum atomic E-state index is -1.98. The third kappa shape index (κ3) is 30.7. The Morgan fingerprint density at radius 2 is 0.762 bits per heavy atom. The first-order valence-corrected chi connectivity index (χ1v) is 33.6. The van der Waals surface area contributed by atoms with Crippen LogP contribution in [-0.2, 0) is 33.2 Å². The van der Waals surface area contributed by atoms with Crippen molar-refractivity contribution in [1.29, 1.82) is 0 Å². The van der Waals surface area contributed by atoms with Gasteiger partial charge in [0, 0.05) is 6.42 Å². The molecule has 0 aliphatic carbocycles. The summed E-state index contributed by atoms with van der Waals surface area (Å²) in [6, 6.07) is -0.986. The van der Waals surface area contributed by atoms with Crippen molar-refractivity contribution in [3.05, 3.63) is 24.3 Å². The Morgan fingerprint density at radius 1 is 0.417 bits per heavy atom. The number of amides is 1. The summed E-state index contributed by atoms with van der Waals surface area (Å²) in [6.07, 6.45) is 25.9. The van der Waals surface area contributed by atoms with Crippen molar-refractivity contribution in [3.63, 3.8) is 0 Å². The van der Waals surface area contributed by atoms with Gasteiger partial charge in [0.1, 0.15) is 73.2 Å². The van der Waals surface area contributed by atoms with Crippen molar-refractivity contribution in [3.8, 4) is 0 Å². The molecule has 12 N–H and O–H groups in total. The topological polar surface area (TPSA) is 307 Å². The minimum absolute atomic E-state index is 0.240. The van der Waals surface area contributed by atoms with Crippen molar-refractivity contribution >= 4 is 5.91 Å². The molecular weight excluding hydrogens is 1080 g/mol. The second-order valence-electron chi connectivity index (χ2n) is 24.3. The number of ether oxygens (including phenoxy) is 6. The number of rotatable bonds is 51. The normalized spacial score (nSPS) is 29.3. The minimum Gasteiger partial charge on any atom is -0.394 e. The Hall–Kier alpha value is -1.73. The summed E-state index contributed by atoms with van der Waals surface area (Å²) in [5, 5.41) is 120. The van der Waals surface area contributed by atoms with E-state index in [1.165, 1.54) is 180 Å². The molecule has 3 aliphatic rings. The molecule has 3 aliphatic heterocycles. The van der Waals surface area contributed by atoms with Crippen LogP contribution < -0.4 is 5.32 Å². The molecule has 0 aromatic rings. The molecule has 3 rings (SSSR count). The standard InChI is InChI=1S/C65H121NO18/c1-3-5-7-9-11-13-15-17-19-21-22-23-24-25-27-29-31-33-35-37-39-41-43-53(71)66-48(49(70)42-40-38-36-34-32-30-28-26-20-18-16-14-12-10-8-6-4-2)47-79-63-59(77)56(74)61(51(45-68)81-63)84-65-60(78)57(75)62(52(46-69)82-65)83-64-58(76)55(73)54(72)50(44-67)80-64/h32,34,40,42,48-52,54-65,67-70,72-78H,3-31,33,35-39,41,43-47H2,1-2H3,(H,66,71)/b34-32+,42-40+. The van der Waals surface area contributed by atoms with Crippen LogP contribution in [0.3, 0.4) is 0 Å². The lowest BCUT2D eigenvalue weighted by Gasteiger charge is -2.48. The number of allylic oxidation sites excluding steroid dienone is 3. The molecular formula is C65H121NO18. The average Bonchev–Trinajstić information content (AvgIpc) is 2.79. The summed E-state index contributed by atoms with van der Waals surface area (Å²) in [6.45, 7) is 1.74. The molecule has 3 saturated heterocycles. The number of carbonyl (C=O) groups excluding carboxylic acids is 1. The molecule has 0 radical (unpaired) electrons. The molecule has 0 spiro atoms. The molecule has 19 nitrogen and oxygen atoms in total. The number of hydrogen-bond donors (Lipinski definition) is 12. The Morgan fingerprint density at radius 3 is 1.19 bits per heavy atom. The molecule has 494 valence electrons. The van der Waals surface area contributed by atoms with Crippen LogP contribution in [-0.4, -0.2) is 193 Å². The van der Waals surface area contributed by atoms with Crippen LogP contribution in [0.1, 0.15) is 251 Å². The average molecular weight is 1200 g/mol. The Bertz CT molecular complexity index is 1630. The molecule has 3 fully saturated rings. The van der Waals surface area contributed by atoms with Crippen molar-refractivity contribution in [2.45, 2.75) is 356 Å². The van der Waals surface area contributed by atoms with Crippen LogP contribution >= 0.6 is 0 Å². The van der Waals surface area contributed by atoms with Crippen LogP contribution in [0.15, 0.2) is 24.3 Å². The predicted octanol–water partition coefficient (Wildman–Crippen LogP) is 7.88. The third-order valence-electron chi connectivity index (χ3n) is 17.0. The number of aliphatic hydroxyl groups excluding tert-OH is 11. The van der Waals surface area contributed by atoms with E-state index in [2.05, 4.69) is 31.3 Å². The molecule has 84 heavy (non-hydrogen) atoms. The summed E-state index contributed by atoms with van der Waals surface area (Å²) in [4.78, 5) is 13.4. The zero-order valence-electron chi connectivity index (χ0n) is 51.9. The highest BCUT2D eigenvalue weighted by molar-refractivity contribution is 5.76. The fourth-order valence-electron chi connectivity index (χ4n) is 11.5.